The van der Waals surface area contributed by atoms with Crippen LogP contribution in [0.5, 0.6) is 0 Å². The maximum Gasteiger partial charge on any atom is 0.306 e. The average Bonchev–Trinajstić information content (AvgIpc) is 3.10. The number of benzene rings is 1. The molecule has 2 N–H and O–H groups in total. The van der Waals surface area contributed by atoms with Gasteiger partial charge in [-0.1, -0.05) is 18.2 Å². The fourth-order valence-corrected chi connectivity index (χ4v) is 2.43. The fourth-order valence-electron chi connectivity index (χ4n) is 1.72. The minimum atomic E-state index is -0.599. The van der Waals surface area contributed by atoms with Gasteiger partial charge < -0.3 is 4.74 Å². The van der Waals surface area contributed by atoms with Gasteiger partial charge in [-0.25, -0.2) is 0 Å². The molecule has 0 saturated heterocycles. The summed E-state index contributed by atoms with van der Waals surface area (Å²) in [5.41, 5.74) is 5.92. The van der Waals surface area contributed by atoms with Crippen molar-refractivity contribution < 1.29 is 19.1 Å². The number of rotatable bonds is 6. The predicted molar refractivity (Wildman–Crippen MR) is 85.6 cm³/mol. The zero-order valence-corrected chi connectivity index (χ0v) is 13.1. The molecule has 0 saturated carbocycles. The molecule has 0 aliphatic heterocycles. The van der Waals surface area contributed by atoms with Crippen molar-refractivity contribution in [1.82, 2.24) is 10.9 Å². The highest BCUT2D eigenvalue weighted by Gasteiger charge is 2.10. The maximum absolute atomic E-state index is 11.7. The molecule has 2 amide bonds. The summed E-state index contributed by atoms with van der Waals surface area (Å²) in [5.74, 6) is -1.50. The summed E-state index contributed by atoms with van der Waals surface area (Å²) in [5, 5.41) is 3.89. The second-order valence-corrected chi connectivity index (χ2v) is 5.44. The molecule has 0 bridgehead atoms. The van der Waals surface area contributed by atoms with Crippen molar-refractivity contribution in [2.75, 3.05) is 6.61 Å². The van der Waals surface area contributed by atoms with Crippen molar-refractivity contribution in [2.24, 2.45) is 0 Å². The number of carbonyl (C=O) groups excluding carboxylic acids is 3. The molecule has 0 atom stereocenters. The summed E-state index contributed by atoms with van der Waals surface area (Å²) in [6.07, 6.45) is 0.787. The first-order chi connectivity index (χ1) is 11.1. The normalized spacial score (nSPS) is 9.91. The van der Waals surface area contributed by atoms with Gasteiger partial charge in [0.2, 0.25) is 0 Å². The number of esters is 1. The summed E-state index contributed by atoms with van der Waals surface area (Å²) in [7, 11) is 0. The van der Waals surface area contributed by atoms with Crippen molar-refractivity contribution >= 4 is 29.1 Å². The first-order valence-corrected chi connectivity index (χ1v) is 7.90. The van der Waals surface area contributed by atoms with Crippen LogP contribution in [0.25, 0.3) is 0 Å². The molecule has 0 radical (unpaired) electrons. The molecule has 0 aliphatic carbocycles. The molecular formula is C16H16N2O4S. The molecule has 0 unspecified atom stereocenters. The van der Waals surface area contributed by atoms with E-state index in [0.29, 0.717) is 12.0 Å². The highest BCUT2D eigenvalue weighted by molar-refractivity contribution is 7.07. The lowest BCUT2D eigenvalue weighted by Gasteiger charge is -2.08. The number of hydrazine groups is 1. The lowest BCUT2D eigenvalue weighted by molar-refractivity contribution is -0.148. The van der Waals surface area contributed by atoms with Gasteiger partial charge in [-0.05, 0) is 40.9 Å². The molecule has 1 aromatic carbocycles. The van der Waals surface area contributed by atoms with Gasteiger partial charge in [0.15, 0.2) is 6.61 Å². The molecular weight excluding hydrogens is 316 g/mol. The van der Waals surface area contributed by atoms with E-state index in [0.717, 1.165) is 5.56 Å². The molecule has 7 heteroatoms. The molecule has 0 spiro atoms. The zero-order chi connectivity index (χ0) is 16.5. The Kier molecular flexibility index (Phi) is 6.31. The number of ether oxygens (including phenoxy) is 1. The number of aryl methyl sites for hydroxylation is 1. The van der Waals surface area contributed by atoms with E-state index < -0.39 is 24.4 Å². The standard InChI is InChI=1S/C16H16N2O4S/c19-14(17-18-16(21)13-4-2-1-3-5-13)10-22-15(20)7-6-12-8-9-23-11-12/h1-5,8-9,11H,6-7,10H2,(H,17,19)(H,18,21). The van der Waals surface area contributed by atoms with E-state index in [2.05, 4.69) is 10.9 Å². The lowest BCUT2D eigenvalue weighted by Crippen LogP contribution is -2.43. The van der Waals surface area contributed by atoms with E-state index in [9.17, 15) is 14.4 Å². The van der Waals surface area contributed by atoms with E-state index in [4.69, 9.17) is 4.74 Å². The summed E-state index contributed by atoms with van der Waals surface area (Å²) >= 11 is 1.56. The molecule has 1 heterocycles. The Balaban J connectivity index is 1.63. The maximum atomic E-state index is 11.7. The Morgan fingerprint density at radius 2 is 1.83 bits per heavy atom. The van der Waals surface area contributed by atoms with Crippen molar-refractivity contribution in [3.05, 3.63) is 58.3 Å². The molecule has 120 valence electrons. The van der Waals surface area contributed by atoms with E-state index in [1.807, 2.05) is 16.8 Å². The van der Waals surface area contributed by atoms with Crippen LogP contribution in [0.4, 0.5) is 0 Å². The number of hydrogen-bond donors (Lipinski definition) is 2. The third-order valence-electron chi connectivity index (χ3n) is 2.91. The SMILES string of the molecule is O=C(COC(=O)CCc1ccsc1)NNC(=O)c1ccccc1. The zero-order valence-electron chi connectivity index (χ0n) is 12.3. The highest BCUT2D eigenvalue weighted by Crippen LogP contribution is 2.08. The Bertz CT molecular complexity index is 656. The summed E-state index contributed by atoms with van der Waals surface area (Å²) in [6, 6.07) is 10.4. The van der Waals surface area contributed by atoms with Gasteiger partial charge in [0, 0.05) is 12.0 Å². The van der Waals surface area contributed by atoms with Crippen molar-refractivity contribution in [3.8, 4) is 0 Å². The van der Waals surface area contributed by atoms with Crippen LogP contribution in [-0.4, -0.2) is 24.4 Å². The van der Waals surface area contributed by atoms with Crippen molar-refractivity contribution in [2.45, 2.75) is 12.8 Å². The Hall–Kier alpha value is -2.67. The van der Waals surface area contributed by atoms with E-state index in [1.165, 1.54) is 0 Å². The molecule has 2 rings (SSSR count). The van der Waals surface area contributed by atoms with Gasteiger partial charge in [0.1, 0.15) is 0 Å². The molecule has 1 aromatic heterocycles. The second-order valence-electron chi connectivity index (χ2n) is 4.66. The van der Waals surface area contributed by atoms with Gasteiger partial charge >= 0.3 is 5.97 Å². The van der Waals surface area contributed by atoms with Gasteiger partial charge in [-0.3, -0.25) is 25.2 Å². The molecule has 0 aliphatic rings. The Morgan fingerprint density at radius 1 is 1.04 bits per heavy atom. The van der Waals surface area contributed by atoms with Crippen molar-refractivity contribution in [3.63, 3.8) is 0 Å². The van der Waals surface area contributed by atoms with Gasteiger partial charge in [-0.15, -0.1) is 0 Å². The highest BCUT2D eigenvalue weighted by atomic mass is 32.1. The second kappa shape index (κ2) is 8.70. The topological polar surface area (TPSA) is 84.5 Å². The third kappa shape index (κ3) is 5.91. The largest absolute Gasteiger partial charge is 0.455 e. The van der Waals surface area contributed by atoms with Crippen LogP contribution in [0.2, 0.25) is 0 Å². The molecule has 23 heavy (non-hydrogen) atoms. The molecule has 6 nitrogen and oxygen atoms in total. The number of thiophene rings is 1. The summed E-state index contributed by atoms with van der Waals surface area (Å²) in [6.45, 7) is -0.433. The number of nitrogens with one attached hydrogen (secondary N) is 2. The smallest absolute Gasteiger partial charge is 0.306 e. The summed E-state index contributed by atoms with van der Waals surface area (Å²) < 4.78 is 4.84. The van der Waals surface area contributed by atoms with E-state index in [-0.39, 0.29) is 6.42 Å². The van der Waals surface area contributed by atoms with Crippen LogP contribution in [0, 0.1) is 0 Å². The fraction of sp³-hybridized carbons (Fsp3) is 0.188. The molecule has 2 aromatic rings. The van der Waals surface area contributed by atoms with Crippen LogP contribution in [0.15, 0.2) is 47.2 Å². The molecule has 0 fully saturated rings. The number of carbonyl (C=O) groups is 3. The summed E-state index contributed by atoms with van der Waals surface area (Å²) in [4.78, 5) is 34.7. The number of hydrogen-bond acceptors (Lipinski definition) is 5. The van der Waals surface area contributed by atoms with Crippen LogP contribution >= 0.6 is 11.3 Å². The quantitative estimate of drug-likeness (QED) is 0.623. The van der Waals surface area contributed by atoms with Gasteiger partial charge in [0.25, 0.3) is 11.8 Å². The average molecular weight is 332 g/mol. The first kappa shape index (κ1) is 16.7. The Morgan fingerprint density at radius 3 is 2.52 bits per heavy atom. The van der Waals surface area contributed by atoms with Gasteiger partial charge in [0.05, 0.1) is 0 Å². The van der Waals surface area contributed by atoms with Crippen LogP contribution in [0.1, 0.15) is 22.3 Å². The first-order valence-electron chi connectivity index (χ1n) is 6.96. The monoisotopic (exact) mass is 332 g/mol. The lowest BCUT2D eigenvalue weighted by atomic mass is 10.2. The number of amides is 2. The minimum Gasteiger partial charge on any atom is -0.455 e. The Labute approximate surface area is 137 Å². The van der Waals surface area contributed by atoms with Crippen LogP contribution < -0.4 is 10.9 Å². The van der Waals surface area contributed by atoms with Crippen LogP contribution in [-0.2, 0) is 20.7 Å². The predicted octanol–water partition coefficient (Wildman–Crippen LogP) is 1.69. The van der Waals surface area contributed by atoms with Gasteiger partial charge in [-0.2, -0.15) is 11.3 Å². The third-order valence-corrected chi connectivity index (χ3v) is 3.65. The van der Waals surface area contributed by atoms with Crippen molar-refractivity contribution in [1.29, 1.82) is 0 Å². The van der Waals surface area contributed by atoms with E-state index in [1.54, 1.807) is 41.7 Å². The van der Waals surface area contributed by atoms with Crippen LogP contribution in [0.3, 0.4) is 0 Å². The van der Waals surface area contributed by atoms with E-state index >= 15 is 0 Å². The minimum absolute atomic E-state index is 0.209.